The Bertz CT molecular complexity index is 1140. The summed E-state index contributed by atoms with van der Waals surface area (Å²) in [5, 5.41) is 6.38. The molecule has 2 aromatic carbocycles. The molecule has 176 valence electrons. The van der Waals surface area contributed by atoms with Gasteiger partial charge in [0.25, 0.3) is 0 Å². The predicted molar refractivity (Wildman–Crippen MR) is 135 cm³/mol. The van der Waals surface area contributed by atoms with Crippen molar-refractivity contribution in [2.75, 3.05) is 29.5 Å². The second-order valence-electron chi connectivity index (χ2n) is 7.65. The number of hydrogen-bond donors (Lipinski definition) is 3. The highest BCUT2D eigenvalue weighted by Gasteiger charge is 2.21. The third kappa shape index (κ3) is 6.00. The SMILES string of the molecule is CCCCc1ccc(Nc2ncnc(Nc3ccc(S(=O)(=O)N(CC)CC)cc3)c2N)cc1. The topological polar surface area (TPSA) is 113 Å². The second-order valence-corrected chi connectivity index (χ2v) is 9.59. The zero-order valence-electron chi connectivity index (χ0n) is 19.4. The molecule has 0 unspecified atom stereocenters. The summed E-state index contributed by atoms with van der Waals surface area (Å²) in [5.41, 5.74) is 9.52. The lowest BCUT2D eigenvalue weighted by molar-refractivity contribution is 0.445. The summed E-state index contributed by atoms with van der Waals surface area (Å²) in [6.07, 6.45) is 4.83. The lowest BCUT2D eigenvalue weighted by Gasteiger charge is -2.18. The Labute approximate surface area is 196 Å². The summed E-state index contributed by atoms with van der Waals surface area (Å²) < 4.78 is 26.8. The average Bonchev–Trinajstić information content (AvgIpc) is 2.82. The van der Waals surface area contributed by atoms with E-state index >= 15 is 0 Å². The Morgan fingerprint density at radius 2 is 1.36 bits per heavy atom. The Balaban J connectivity index is 1.73. The first kappa shape index (κ1) is 24.5. The van der Waals surface area contributed by atoms with E-state index < -0.39 is 10.0 Å². The lowest BCUT2D eigenvalue weighted by Crippen LogP contribution is -2.30. The van der Waals surface area contributed by atoms with Crippen LogP contribution < -0.4 is 16.4 Å². The smallest absolute Gasteiger partial charge is 0.243 e. The van der Waals surface area contributed by atoms with Crippen LogP contribution in [-0.2, 0) is 16.4 Å². The van der Waals surface area contributed by atoms with Crippen molar-refractivity contribution in [2.24, 2.45) is 0 Å². The number of anilines is 5. The van der Waals surface area contributed by atoms with Crippen LogP contribution in [0, 0.1) is 0 Å². The molecule has 8 nitrogen and oxygen atoms in total. The fraction of sp³-hybridized carbons (Fsp3) is 0.333. The number of nitrogens with zero attached hydrogens (tertiary/aromatic N) is 3. The lowest BCUT2D eigenvalue weighted by atomic mass is 10.1. The molecule has 0 aliphatic carbocycles. The van der Waals surface area contributed by atoms with Crippen LogP contribution in [0.1, 0.15) is 39.2 Å². The number of hydrogen-bond acceptors (Lipinski definition) is 7. The van der Waals surface area contributed by atoms with Crippen LogP contribution in [0.3, 0.4) is 0 Å². The molecule has 0 atom stereocenters. The van der Waals surface area contributed by atoms with E-state index in [2.05, 4.69) is 39.7 Å². The Morgan fingerprint density at radius 3 is 1.85 bits per heavy atom. The van der Waals surface area contributed by atoms with E-state index in [0.29, 0.717) is 36.1 Å². The quantitative estimate of drug-likeness (QED) is 0.366. The van der Waals surface area contributed by atoms with E-state index in [9.17, 15) is 8.42 Å². The molecule has 0 aliphatic rings. The second kappa shape index (κ2) is 11.1. The number of benzene rings is 2. The van der Waals surface area contributed by atoms with Crippen molar-refractivity contribution in [2.45, 2.75) is 44.9 Å². The van der Waals surface area contributed by atoms with Crippen molar-refractivity contribution in [3.8, 4) is 0 Å². The minimum Gasteiger partial charge on any atom is -0.393 e. The van der Waals surface area contributed by atoms with Crippen LogP contribution in [-0.4, -0.2) is 35.8 Å². The van der Waals surface area contributed by atoms with Gasteiger partial charge in [0.15, 0.2) is 11.6 Å². The van der Waals surface area contributed by atoms with Gasteiger partial charge >= 0.3 is 0 Å². The molecular weight excluding hydrogens is 436 g/mol. The highest BCUT2D eigenvalue weighted by molar-refractivity contribution is 7.89. The maximum absolute atomic E-state index is 12.7. The standard InChI is InChI=1S/C24H32N6O2S/c1-4-7-8-18-9-11-19(12-10-18)28-23-22(25)24(27-17-26-23)29-20-13-15-21(16-14-20)33(31,32)30(5-2)6-3/h9-17H,4-8,25H2,1-3H3,(H2,26,27,28,29). The predicted octanol–water partition coefficient (Wildman–Crippen LogP) is 4.92. The summed E-state index contributed by atoms with van der Waals surface area (Å²) in [6.45, 7) is 6.67. The van der Waals surface area contributed by atoms with E-state index in [1.54, 1.807) is 24.3 Å². The molecular formula is C24H32N6O2S. The molecule has 3 aromatic rings. The van der Waals surface area contributed by atoms with Gasteiger partial charge in [-0.1, -0.05) is 39.3 Å². The monoisotopic (exact) mass is 468 g/mol. The first-order valence-corrected chi connectivity index (χ1v) is 12.7. The van der Waals surface area contributed by atoms with Crippen LogP contribution in [0.5, 0.6) is 0 Å². The fourth-order valence-corrected chi connectivity index (χ4v) is 4.88. The van der Waals surface area contributed by atoms with E-state index in [1.165, 1.54) is 29.0 Å². The van der Waals surface area contributed by atoms with Gasteiger partial charge in [-0.2, -0.15) is 4.31 Å². The Kier molecular flexibility index (Phi) is 8.24. The van der Waals surface area contributed by atoms with E-state index in [-0.39, 0.29) is 4.90 Å². The Morgan fingerprint density at radius 1 is 0.848 bits per heavy atom. The van der Waals surface area contributed by atoms with Gasteiger partial charge in [0.05, 0.1) is 4.90 Å². The number of aryl methyl sites for hydroxylation is 1. The molecule has 4 N–H and O–H groups in total. The third-order valence-electron chi connectivity index (χ3n) is 5.38. The van der Waals surface area contributed by atoms with Gasteiger partial charge in [-0.15, -0.1) is 0 Å². The molecule has 0 saturated heterocycles. The highest BCUT2D eigenvalue weighted by Crippen LogP contribution is 2.29. The molecule has 0 amide bonds. The van der Waals surface area contributed by atoms with E-state index in [1.807, 2.05) is 26.0 Å². The summed E-state index contributed by atoms with van der Waals surface area (Å²) in [5.74, 6) is 0.931. The minimum atomic E-state index is -3.50. The average molecular weight is 469 g/mol. The molecule has 1 heterocycles. The summed E-state index contributed by atoms with van der Waals surface area (Å²) >= 11 is 0. The van der Waals surface area contributed by atoms with Gasteiger partial charge in [-0.3, -0.25) is 0 Å². The van der Waals surface area contributed by atoms with Crippen LogP contribution in [0.2, 0.25) is 0 Å². The Hall–Kier alpha value is -3.17. The summed E-state index contributed by atoms with van der Waals surface area (Å²) in [4.78, 5) is 8.74. The third-order valence-corrected chi connectivity index (χ3v) is 7.44. The van der Waals surface area contributed by atoms with Crippen molar-refractivity contribution in [3.05, 3.63) is 60.4 Å². The number of sulfonamides is 1. The van der Waals surface area contributed by atoms with Crippen molar-refractivity contribution < 1.29 is 8.42 Å². The number of unbranched alkanes of at least 4 members (excludes halogenated alkanes) is 1. The van der Waals surface area contributed by atoms with Gasteiger partial charge in [-0.25, -0.2) is 18.4 Å². The molecule has 33 heavy (non-hydrogen) atoms. The molecule has 0 saturated carbocycles. The molecule has 9 heteroatoms. The largest absolute Gasteiger partial charge is 0.393 e. The van der Waals surface area contributed by atoms with Gasteiger partial charge in [0.1, 0.15) is 12.0 Å². The van der Waals surface area contributed by atoms with E-state index in [0.717, 1.165) is 12.1 Å². The van der Waals surface area contributed by atoms with Crippen molar-refractivity contribution >= 4 is 38.7 Å². The van der Waals surface area contributed by atoms with Gasteiger partial charge < -0.3 is 16.4 Å². The normalized spacial score (nSPS) is 11.5. The fourth-order valence-electron chi connectivity index (χ4n) is 3.43. The minimum absolute atomic E-state index is 0.247. The van der Waals surface area contributed by atoms with Crippen LogP contribution >= 0.6 is 0 Å². The molecule has 0 spiro atoms. The first-order chi connectivity index (χ1) is 15.9. The van der Waals surface area contributed by atoms with Crippen LogP contribution in [0.25, 0.3) is 0 Å². The van der Waals surface area contributed by atoms with E-state index in [4.69, 9.17) is 5.73 Å². The van der Waals surface area contributed by atoms with Gasteiger partial charge in [0, 0.05) is 24.5 Å². The maximum Gasteiger partial charge on any atom is 0.243 e. The number of nitrogens with two attached hydrogens (primary N) is 1. The summed E-state index contributed by atoms with van der Waals surface area (Å²) in [6, 6.07) is 14.8. The van der Waals surface area contributed by atoms with Crippen molar-refractivity contribution in [3.63, 3.8) is 0 Å². The number of nitrogen functional groups attached to an aromatic ring is 1. The zero-order chi connectivity index (χ0) is 23.8. The summed E-state index contributed by atoms with van der Waals surface area (Å²) in [7, 11) is -3.50. The van der Waals surface area contributed by atoms with Crippen molar-refractivity contribution in [1.29, 1.82) is 0 Å². The van der Waals surface area contributed by atoms with Crippen LogP contribution in [0.4, 0.5) is 28.7 Å². The molecule has 0 radical (unpaired) electrons. The van der Waals surface area contributed by atoms with Gasteiger partial charge in [0.2, 0.25) is 10.0 Å². The molecule has 3 rings (SSSR count). The number of nitrogens with one attached hydrogen (secondary N) is 2. The number of aromatic nitrogens is 2. The molecule has 0 fully saturated rings. The van der Waals surface area contributed by atoms with Gasteiger partial charge in [-0.05, 0) is 54.8 Å². The molecule has 0 aliphatic heterocycles. The van der Waals surface area contributed by atoms with Crippen molar-refractivity contribution in [1.82, 2.24) is 14.3 Å². The number of rotatable bonds is 11. The van der Waals surface area contributed by atoms with Crippen LogP contribution in [0.15, 0.2) is 59.8 Å². The molecule has 1 aromatic heterocycles. The zero-order valence-corrected chi connectivity index (χ0v) is 20.2. The first-order valence-electron chi connectivity index (χ1n) is 11.2. The maximum atomic E-state index is 12.7. The highest BCUT2D eigenvalue weighted by atomic mass is 32.2. The molecule has 0 bridgehead atoms.